The highest BCUT2D eigenvalue weighted by Crippen LogP contribution is 2.59. The molecule has 0 bridgehead atoms. The highest BCUT2D eigenvalue weighted by atomic mass is 32.2. The number of aryl methyl sites for hydroxylation is 3. The van der Waals surface area contributed by atoms with Crippen molar-refractivity contribution >= 4 is 47.4 Å². The van der Waals surface area contributed by atoms with Gasteiger partial charge in [0.2, 0.25) is 0 Å². The van der Waals surface area contributed by atoms with Gasteiger partial charge in [-0.25, -0.2) is 9.98 Å². The first-order valence-corrected chi connectivity index (χ1v) is 28.5. The summed E-state index contributed by atoms with van der Waals surface area (Å²) in [5, 5.41) is 0. The summed E-state index contributed by atoms with van der Waals surface area (Å²) in [5.41, 5.74) is 25.4. The van der Waals surface area contributed by atoms with E-state index in [0.29, 0.717) is 18.2 Å². The number of aliphatic imine (C=N–C) groups is 3. The largest absolute Gasteiger partial charge is 0.261 e. The fourth-order valence-electron chi connectivity index (χ4n) is 12.2. The van der Waals surface area contributed by atoms with E-state index in [0.717, 1.165) is 55.8 Å². The van der Waals surface area contributed by atoms with Crippen LogP contribution in [0.15, 0.2) is 287 Å². The second-order valence-electron chi connectivity index (χ2n) is 20.9. The molecular formula is C77H61N3S. The zero-order valence-electron chi connectivity index (χ0n) is 46.0. The van der Waals surface area contributed by atoms with Crippen LogP contribution in [0.25, 0.3) is 50.6 Å². The molecule has 0 saturated heterocycles. The minimum absolute atomic E-state index is 0.414. The van der Waals surface area contributed by atoms with E-state index >= 15 is 0 Å². The topological polar surface area (TPSA) is 37.1 Å². The molecule has 390 valence electrons. The molecule has 0 atom stereocenters. The Labute approximate surface area is 481 Å². The summed E-state index contributed by atoms with van der Waals surface area (Å²) >= 11 is 1.71. The Morgan fingerprint density at radius 1 is 0.519 bits per heavy atom. The maximum absolute atomic E-state index is 5.19. The summed E-state index contributed by atoms with van der Waals surface area (Å²) in [6.07, 6.45) is 9.40. The Hall–Kier alpha value is -9.48. The van der Waals surface area contributed by atoms with Crippen LogP contribution in [0, 0.1) is 20.8 Å². The molecule has 0 aliphatic heterocycles. The highest BCUT2D eigenvalue weighted by molar-refractivity contribution is 7.99. The third-order valence-electron chi connectivity index (χ3n) is 16.1. The van der Waals surface area contributed by atoms with Crippen molar-refractivity contribution in [3.05, 3.63) is 340 Å². The lowest BCUT2D eigenvalue weighted by Gasteiger charge is -2.36. The van der Waals surface area contributed by atoms with E-state index in [4.69, 9.17) is 9.98 Å². The Kier molecular flexibility index (Phi) is 14.6. The number of rotatable bonds is 13. The standard InChI is InChI=1S/C77H61N3S/c1-7-55(44-45-60-48-59-29-15-16-30-62(59)65-32-18-17-31-63(60)65)64-33-22-37-70-74(64)67-47-46-58(49-71(67)77(70,68-35-19-12-24-51(68)3)69-36-20-13-25-52(69)4)56-42-40-54(41-43-56)50-79-75(57-27-10-9-11-28-57)80-76(78-6)66-34-23-39-73(61(66)8-2)81-72-38-21-14-26-53(72)5/h7-47,49H,1-2,6,48,50H2,3-5H3/b55-44+,60-45+,79-75?,80-76?. The van der Waals surface area contributed by atoms with Gasteiger partial charge in [0.15, 0.2) is 11.7 Å². The number of hydrogen-bond donors (Lipinski definition) is 0. The van der Waals surface area contributed by atoms with Gasteiger partial charge < -0.3 is 0 Å². The first-order valence-electron chi connectivity index (χ1n) is 27.6. The van der Waals surface area contributed by atoms with Gasteiger partial charge in [-0.05, 0) is 163 Å². The number of amidine groups is 2. The lowest BCUT2D eigenvalue weighted by atomic mass is 9.65. The summed E-state index contributed by atoms with van der Waals surface area (Å²) < 4.78 is 0. The van der Waals surface area contributed by atoms with Gasteiger partial charge in [0.25, 0.3) is 0 Å². The number of hydrogen-bond acceptors (Lipinski definition) is 2. The summed E-state index contributed by atoms with van der Waals surface area (Å²) in [6, 6.07) is 83.0. The van der Waals surface area contributed by atoms with Crippen molar-refractivity contribution in [1.82, 2.24) is 0 Å². The Morgan fingerprint density at radius 2 is 1.12 bits per heavy atom. The third kappa shape index (κ3) is 9.72. The van der Waals surface area contributed by atoms with Crippen LogP contribution in [0.3, 0.4) is 0 Å². The fourth-order valence-corrected chi connectivity index (χ4v) is 13.3. The highest BCUT2D eigenvalue weighted by Gasteiger charge is 2.48. The summed E-state index contributed by atoms with van der Waals surface area (Å²) in [7, 11) is 0. The van der Waals surface area contributed by atoms with Gasteiger partial charge in [-0.3, -0.25) is 4.99 Å². The van der Waals surface area contributed by atoms with Crippen molar-refractivity contribution in [2.24, 2.45) is 15.0 Å². The predicted molar refractivity (Wildman–Crippen MR) is 345 cm³/mol. The van der Waals surface area contributed by atoms with Gasteiger partial charge in [0.05, 0.1) is 12.0 Å². The van der Waals surface area contributed by atoms with Gasteiger partial charge in [-0.1, -0.05) is 262 Å². The minimum atomic E-state index is -0.625. The van der Waals surface area contributed by atoms with Crippen LogP contribution in [0.4, 0.5) is 0 Å². The lowest BCUT2D eigenvalue weighted by molar-refractivity contribution is 0.754. The van der Waals surface area contributed by atoms with Crippen molar-refractivity contribution in [2.45, 2.75) is 48.9 Å². The number of allylic oxidation sites excluding steroid dienone is 5. The van der Waals surface area contributed by atoms with Crippen molar-refractivity contribution in [3.63, 3.8) is 0 Å². The molecule has 10 aromatic carbocycles. The van der Waals surface area contributed by atoms with E-state index in [1.807, 2.05) is 54.6 Å². The molecule has 0 unspecified atom stereocenters. The molecular weight excluding hydrogens is 999 g/mol. The molecule has 3 nitrogen and oxygen atoms in total. The van der Waals surface area contributed by atoms with Crippen LogP contribution in [0.1, 0.15) is 77.9 Å². The lowest BCUT2D eigenvalue weighted by Crippen LogP contribution is -2.30. The normalized spacial score (nSPS) is 13.9. The molecule has 2 aliphatic rings. The van der Waals surface area contributed by atoms with Crippen LogP contribution < -0.4 is 0 Å². The van der Waals surface area contributed by atoms with E-state index < -0.39 is 5.41 Å². The molecule has 0 saturated carbocycles. The maximum Gasteiger partial charge on any atom is 0.161 e. The molecule has 81 heavy (non-hydrogen) atoms. The summed E-state index contributed by atoms with van der Waals surface area (Å²) in [4.78, 5) is 17.1. The van der Waals surface area contributed by atoms with Crippen LogP contribution in [0.5, 0.6) is 0 Å². The van der Waals surface area contributed by atoms with Crippen molar-refractivity contribution in [1.29, 1.82) is 0 Å². The van der Waals surface area contributed by atoms with E-state index in [1.165, 1.54) is 82.8 Å². The number of nitrogens with zero attached hydrogens (tertiary/aromatic N) is 3. The quantitative estimate of drug-likeness (QED) is 0.0644. The third-order valence-corrected chi connectivity index (χ3v) is 17.4. The molecule has 0 N–H and O–H groups in total. The van der Waals surface area contributed by atoms with E-state index in [1.54, 1.807) is 11.8 Å². The average molecular weight is 1060 g/mol. The van der Waals surface area contributed by atoms with E-state index in [9.17, 15) is 0 Å². The zero-order chi connectivity index (χ0) is 55.5. The Bertz CT molecular complexity index is 4180. The van der Waals surface area contributed by atoms with Crippen molar-refractivity contribution < 1.29 is 0 Å². The molecule has 0 aromatic heterocycles. The van der Waals surface area contributed by atoms with Gasteiger partial charge in [0, 0.05) is 20.9 Å². The molecule has 4 heteroatoms. The first kappa shape index (κ1) is 52.2. The van der Waals surface area contributed by atoms with Crippen molar-refractivity contribution in [3.8, 4) is 33.4 Å². The SMILES string of the molecule is C=C/C(=C\C=C1/Cc2ccccc2-c2ccccc21)c1cccc2c1-c1ccc(-c3ccc(CN=C(N=C(N=C)c4cccc(Sc5ccccc5C)c4C=C)c4ccccc4)cc3)cc1C2(c1ccccc1C)c1ccccc1C. The predicted octanol–water partition coefficient (Wildman–Crippen LogP) is 19.4. The molecule has 12 rings (SSSR count). The zero-order valence-corrected chi connectivity index (χ0v) is 46.9. The molecule has 10 aromatic rings. The van der Waals surface area contributed by atoms with Gasteiger partial charge in [-0.2, -0.15) is 0 Å². The molecule has 0 fully saturated rings. The molecule has 2 aliphatic carbocycles. The van der Waals surface area contributed by atoms with Crippen LogP contribution in [-0.2, 0) is 18.4 Å². The molecule has 0 radical (unpaired) electrons. The fraction of sp³-hybridized carbons (Fsp3) is 0.0779. The molecule has 0 amide bonds. The summed E-state index contributed by atoms with van der Waals surface area (Å²) in [5.74, 6) is 1.06. The van der Waals surface area contributed by atoms with Gasteiger partial charge in [-0.15, -0.1) is 0 Å². The van der Waals surface area contributed by atoms with Crippen LogP contribution in [-0.4, -0.2) is 18.4 Å². The Balaban J connectivity index is 0.940. The second-order valence-corrected chi connectivity index (χ2v) is 21.9. The van der Waals surface area contributed by atoms with Crippen molar-refractivity contribution in [2.75, 3.05) is 0 Å². The summed E-state index contributed by atoms with van der Waals surface area (Å²) in [6.45, 7) is 19.8. The number of benzene rings is 10. The van der Waals surface area contributed by atoms with Gasteiger partial charge >= 0.3 is 0 Å². The minimum Gasteiger partial charge on any atom is -0.261 e. The average Bonchev–Trinajstić information content (AvgIpc) is 3.24. The molecule has 0 heterocycles. The second kappa shape index (κ2) is 22.7. The Morgan fingerprint density at radius 3 is 1.83 bits per heavy atom. The van der Waals surface area contributed by atoms with Gasteiger partial charge in [0.1, 0.15) is 0 Å². The smallest absolute Gasteiger partial charge is 0.161 e. The first-order chi connectivity index (χ1) is 39.8. The van der Waals surface area contributed by atoms with E-state index in [-0.39, 0.29) is 0 Å². The van der Waals surface area contributed by atoms with Crippen LogP contribution >= 0.6 is 11.8 Å². The monoisotopic (exact) mass is 1060 g/mol. The number of fused-ring (bicyclic) bond motifs is 6. The molecule has 0 spiro atoms. The van der Waals surface area contributed by atoms with Crippen LogP contribution in [0.2, 0.25) is 0 Å². The maximum atomic E-state index is 5.19. The van der Waals surface area contributed by atoms with E-state index in [2.05, 4.69) is 246 Å².